The van der Waals surface area contributed by atoms with Crippen molar-refractivity contribution in [3.05, 3.63) is 76.4 Å². The van der Waals surface area contributed by atoms with Crippen LogP contribution in [0.4, 0.5) is 13.2 Å². The number of benzene rings is 1. The first-order chi connectivity index (χ1) is 20.5. The highest BCUT2D eigenvalue weighted by atomic mass is 35.5. The summed E-state index contributed by atoms with van der Waals surface area (Å²) in [6.45, 7) is 3.22. The molecule has 0 bridgehead atoms. The van der Waals surface area contributed by atoms with Crippen molar-refractivity contribution in [2.75, 3.05) is 26.2 Å². The SMILES string of the molecule is CC1C=CC2=C(C1)c1ccccc1C2(CCCCN1CCC(NC(=O)C2C=C(Cl)C=CC2Cl)CC1)C(=O)NCC(F)(F)F. The Labute approximate surface area is 261 Å². The minimum Gasteiger partial charge on any atom is -0.353 e. The highest BCUT2D eigenvalue weighted by Crippen LogP contribution is 2.53. The fourth-order valence-corrected chi connectivity index (χ4v) is 7.37. The number of likely N-dealkylation sites (tertiary alicyclic amines) is 1. The molecule has 1 aromatic carbocycles. The number of rotatable bonds is 9. The Morgan fingerprint density at radius 1 is 1.09 bits per heavy atom. The van der Waals surface area contributed by atoms with Crippen molar-refractivity contribution in [1.29, 1.82) is 0 Å². The maximum Gasteiger partial charge on any atom is 0.405 e. The molecular formula is C33H38Cl2F3N3O2. The smallest absolute Gasteiger partial charge is 0.353 e. The van der Waals surface area contributed by atoms with Gasteiger partial charge in [-0.25, -0.2) is 0 Å². The minimum absolute atomic E-state index is 0.0622. The third-order valence-electron chi connectivity index (χ3n) is 9.09. The number of allylic oxidation sites excluding steroid dienone is 6. The number of fused-ring (bicyclic) bond motifs is 2. The van der Waals surface area contributed by atoms with E-state index in [9.17, 15) is 22.8 Å². The average Bonchev–Trinajstić information content (AvgIpc) is 3.25. The summed E-state index contributed by atoms with van der Waals surface area (Å²) in [5.74, 6) is -0.899. The van der Waals surface area contributed by atoms with Gasteiger partial charge in [0.1, 0.15) is 6.54 Å². The summed E-state index contributed by atoms with van der Waals surface area (Å²) < 4.78 is 39.5. The number of nitrogens with zero attached hydrogens (tertiary/aromatic N) is 1. The lowest BCUT2D eigenvalue weighted by Gasteiger charge is -2.35. The van der Waals surface area contributed by atoms with E-state index in [4.69, 9.17) is 23.2 Å². The van der Waals surface area contributed by atoms with Crippen LogP contribution in [0, 0.1) is 11.8 Å². The lowest BCUT2D eigenvalue weighted by molar-refractivity contribution is -0.141. The Morgan fingerprint density at radius 3 is 2.58 bits per heavy atom. The number of alkyl halides is 4. The van der Waals surface area contributed by atoms with Gasteiger partial charge in [0.2, 0.25) is 11.8 Å². The molecule has 10 heteroatoms. The van der Waals surface area contributed by atoms with Gasteiger partial charge in [0.25, 0.3) is 0 Å². The van der Waals surface area contributed by atoms with Crippen molar-refractivity contribution in [2.45, 2.75) is 68.5 Å². The van der Waals surface area contributed by atoms with Crippen LogP contribution in [0.5, 0.6) is 0 Å². The van der Waals surface area contributed by atoms with E-state index in [1.54, 1.807) is 18.2 Å². The molecule has 5 nitrogen and oxygen atoms in total. The molecule has 1 saturated heterocycles. The average molecular weight is 637 g/mol. The van der Waals surface area contributed by atoms with Gasteiger partial charge in [0.15, 0.2) is 0 Å². The molecule has 1 fully saturated rings. The second-order valence-corrected chi connectivity index (χ2v) is 13.1. The fraction of sp³-hybridized carbons (Fsp3) is 0.515. The quantitative estimate of drug-likeness (QED) is 0.236. The molecule has 1 aromatic rings. The fourth-order valence-electron chi connectivity index (χ4n) is 6.91. The molecule has 2 amide bonds. The second-order valence-electron chi connectivity index (χ2n) is 12.1. The molecule has 0 spiro atoms. The number of hydrogen-bond donors (Lipinski definition) is 2. The normalized spacial score (nSPS) is 27.5. The molecule has 3 aliphatic carbocycles. The van der Waals surface area contributed by atoms with Gasteiger partial charge in [0.05, 0.1) is 16.7 Å². The number of hydrogen-bond acceptors (Lipinski definition) is 3. The lowest BCUT2D eigenvalue weighted by Crippen LogP contribution is -2.48. The predicted molar refractivity (Wildman–Crippen MR) is 165 cm³/mol. The Balaban J connectivity index is 1.20. The molecule has 4 aliphatic rings. The maximum absolute atomic E-state index is 13.7. The van der Waals surface area contributed by atoms with Crippen LogP contribution in [0.3, 0.4) is 0 Å². The second kappa shape index (κ2) is 13.2. The molecule has 1 aliphatic heterocycles. The molecule has 5 rings (SSSR count). The zero-order valence-electron chi connectivity index (χ0n) is 24.2. The molecule has 43 heavy (non-hydrogen) atoms. The lowest BCUT2D eigenvalue weighted by atomic mass is 9.71. The number of nitrogens with one attached hydrogen (secondary N) is 2. The van der Waals surface area contributed by atoms with Gasteiger partial charge >= 0.3 is 6.18 Å². The van der Waals surface area contributed by atoms with E-state index >= 15 is 0 Å². The van der Waals surface area contributed by atoms with E-state index in [1.807, 2.05) is 30.3 Å². The first kappa shape index (κ1) is 31.9. The van der Waals surface area contributed by atoms with Crippen molar-refractivity contribution in [3.63, 3.8) is 0 Å². The van der Waals surface area contributed by atoms with E-state index in [1.165, 1.54) is 0 Å². The van der Waals surface area contributed by atoms with Gasteiger partial charge in [0, 0.05) is 24.2 Å². The van der Waals surface area contributed by atoms with Crippen molar-refractivity contribution in [1.82, 2.24) is 15.5 Å². The van der Waals surface area contributed by atoms with Gasteiger partial charge in [-0.15, -0.1) is 11.6 Å². The summed E-state index contributed by atoms with van der Waals surface area (Å²) in [6, 6.07) is 7.74. The summed E-state index contributed by atoms with van der Waals surface area (Å²) in [5, 5.41) is 5.44. The molecule has 232 valence electrons. The molecule has 0 aromatic heterocycles. The molecule has 4 atom stereocenters. The molecule has 0 saturated carbocycles. The van der Waals surface area contributed by atoms with E-state index in [-0.39, 0.29) is 11.9 Å². The van der Waals surface area contributed by atoms with Gasteiger partial charge in [-0.05, 0) is 72.9 Å². The van der Waals surface area contributed by atoms with E-state index < -0.39 is 35.3 Å². The first-order valence-corrected chi connectivity index (χ1v) is 15.9. The number of carbonyl (C=O) groups is 2. The monoisotopic (exact) mass is 635 g/mol. The van der Waals surface area contributed by atoms with E-state index in [0.29, 0.717) is 23.8 Å². The molecule has 2 N–H and O–H groups in total. The van der Waals surface area contributed by atoms with Crippen LogP contribution in [-0.4, -0.2) is 60.5 Å². The first-order valence-electron chi connectivity index (χ1n) is 15.1. The maximum atomic E-state index is 13.7. The van der Waals surface area contributed by atoms with Crippen LogP contribution < -0.4 is 10.6 Å². The molecule has 4 unspecified atom stereocenters. The van der Waals surface area contributed by atoms with Crippen molar-refractivity contribution in [2.24, 2.45) is 11.8 Å². The standard InChI is InChI=1S/C33H38Cl2F3N3O2/c1-21-8-10-28-25(18-21)24-6-2-3-7-27(24)32(28,31(43)39-20-33(36,37)38)14-4-5-15-41-16-12-23(13-17-41)40-30(42)26-19-22(34)9-11-29(26)35/h2-3,6-11,19,21,23,26,29H,4-5,12-18,20H2,1H3,(H,39,43)(H,40,42). The van der Waals surface area contributed by atoms with Crippen molar-refractivity contribution < 1.29 is 22.8 Å². The number of unbranched alkanes of at least 4 members (excludes halogenated alkanes) is 1. The van der Waals surface area contributed by atoms with Gasteiger partial charge < -0.3 is 15.5 Å². The summed E-state index contributed by atoms with van der Waals surface area (Å²) >= 11 is 12.4. The van der Waals surface area contributed by atoms with Crippen LogP contribution in [0.25, 0.3) is 5.57 Å². The topological polar surface area (TPSA) is 61.4 Å². The Kier molecular flexibility index (Phi) is 9.79. The Hall–Kier alpha value is -2.55. The molecule has 0 radical (unpaired) electrons. The van der Waals surface area contributed by atoms with Gasteiger partial charge in [-0.2, -0.15) is 13.2 Å². The van der Waals surface area contributed by atoms with Gasteiger partial charge in [-0.1, -0.05) is 73.5 Å². The number of halogens is 5. The van der Waals surface area contributed by atoms with Crippen LogP contribution in [0.15, 0.2) is 65.3 Å². The molecule has 1 heterocycles. The number of carbonyl (C=O) groups excluding carboxylic acids is 2. The van der Waals surface area contributed by atoms with Crippen LogP contribution >= 0.6 is 23.2 Å². The summed E-state index contributed by atoms with van der Waals surface area (Å²) in [4.78, 5) is 28.9. The largest absolute Gasteiger partial charge is 0.405 e. The minimum atomic E-state index is -4.49. The number of piperidine rings is 1. The summed E-state index contributed by atoms with van der Waals surface area (Å²) in [7, 11) is 0. The van der Waals surface area contributed by atoms with E-state index in [2.05, 4.69) is 28.5 Å². The zero-order valence-corrected chi connectivity index (χ0v) is 25.7. The van der Waals surface area contributed by atoms with Crippen molar-refractivity contribution >= 4 is 40.6 Å². The van der Waals surface area contributed by atoms with E-state index in [0.717, 1.165) is 67.6 Å². The van der Waals surface area contributed by atoms with Crippen LogP contribution in [-0.2, 0) is 15.0 Å². The highest BCUT2D eigenvalue weighted by Gasteiger charge is 2.50. The van der Waals surface area contributed by atoms with Gasteiger partial charge in [-0.3, -0.25) is 9.59 Å². The predicted octanol–water partition coefficient (Wildman–Crippen LogP) is 6.63. The zero-order chi connectivity index (χ0) is 30.8. The summed E-state index contributed by atoms with van der Waals surface area (Å²) in [6.07, 6.45) is 8.97. The number of amides is 2. The molecular weight excluding hydrogens is 598 g/mol. The Morgan fingerprint density at radius 2 is 1.84 bits per heavy atom. The Bertz CT molecular complexity index is 1350. The highest BCUT2D eigenvalue weighted by molar-refractivity contribution is 6.32. The van der Waals surface area contributed by atoms with Crippen LogP contribution in [0.2, 0.25) is 0 Å². The summed E-state index contributed by atoms with van der Waals surface area (Å²) in [5.41, 5.74) is 2.55. The third kappa shape index (κ3) is 7.07. The van der Waals surface area contributed by atoms with Crippen molar-refractivity contribution in [3.8, 4) is 0 Å². The van der Waals surface area contributed by atoms with Crippen LogP contribution in [0.1, 0.15) is 56.6 Å². The third-order valence-corrected chi connectivity index (χ3v) is 9.75.